The lowest BCUT2D eigenvalue weighted by Gasteiger charge is -2.52. The molecule has 3 unspecified atom stereocenters. The molecule has 2 aromatic carbocycles. The van der Waals surface area contributed by atoms with E-state index in [0.717, 1.165) is 56.8 Å². The van der Waals surface area contributed by atoms with Gasteiger partial charge in [-0.1, -0.05) is 31.6 Å². The van der Waals surface area contributed by atoms with Crippen molar-refractivity contribution in [3.8, 4) is 0 Å². The molecule has 5 aliphatic heterocycles. The van der Waals surface area contributed by atoms with Crippen molar-refractivity contribution in [2.45, 2.75) is 83.5 Å². The normalized spacial score (nSPS) is 26.4. The van der Waals surface area contributed by atoms with E-state index < -0.39 is 23.7 Å². The highest BCUT2D eigenvalue weighted by Gasteiger charge is 2.44. The van der Waals surface area contributed by atoms with Crippen LogP contribution in [0.15, 0.2) is 42.0 Å². The smallest absolute Gasteiger partial charge is 0.258 e. The van der Waals surface area contributed by atoms with Crippen molar-refractivity contribution in [2.75, 3.05) is 19.6 Å². The molecule has 4 fully saturated rings. The number of carbonyl (C=O) groups is 4. The van der Waals surface area contributed by atoms with Gasteiger partial charge < -0.3 is 9.80 Å². The summed E-state index contributed by atoms with van der Waals surface area (Å²) in [6, 6.07) is 8.87. The Labute approximate surface area is 261 Å². The van der Waals surface area contributed by atoms with Crippen molar-refractivity contribution in [1.29, 1.82) is 0 Å². The number of allylic oxidation sites excluding steroid dienone is 1. The van der Waals surface area contributed by atoms with Gasteiger partial charge in [0.05, 0.1) is 5.56 Å². The van der Waals surface area contributed by atoms with Crippen molar-refractivity contribution >= 4 is 29.2 Å². The van der Waals surface area contributed by atoms with Gasteiger partial charge in [0.25, 0.3) is 11.8 Å². The molecule has 0 saturated carbocycles. The molecule has 5 heterocycles. The van der Waals surface area contributed by atoms with Crippen molar-refractivity contribution in [3.05, 3.63) is 75.9 Å². The van der Waals surface area contributed by atoms with Gasteiger partial charge in [-0.15, -0.1) is 0 Å². The maximum absolute atomic E-state index is 15.4. The van der Waals surface area contributed by atoms with Gasteiger partial charge in [0.15, 0.2) is 0 Å². The maximum atomic E-state index is 15.4. The van der Waals surface area contributed by atoms with Crippen LogP contribution in [0.5, 0.6) is 0 Å². The number of piperazine rings is 1. The number of benzene rings is 2. The van der Waals surface area contributed by atoms with Crippen LogP contribution >= 0.6 is 0 Å². The molecule has 45 heavy (non-hydrogen) atoms. The molecule has 1 aliphatic carbocycles. The standard InChI is InChI=1S/C35H38F2N4O4/c1-35(2)12-11-21(27(15-35)20-3-5-24(36)6-4-20)16-39-18-26-8-7-25(39)19-40(26)33(44)22-13-23-17-41(34(45)31(23)28(37)14-22)29-9-10-30(42)38-32(29)43/h3-6,13-14,25-26,29H,7-12,15-19H2,1-2H3,(H,38,42,43). The van der Waals surface area contributed by atoms with Gasteiger partial charge in [-0.3, -0.25) is 29.4 Å². The number of halogens is 2. The fourth-order valence-electron chi connectivity index (χ4n) is 8.01. The number of amides is 4. The van der Waals surface area contributed by atoms with Crippen LogP contribution in [0.25, 0.3) is 5.57 Å². The largest absolute Gasteiger partial charge is 0.333 e. The predicted octanol–water partition coefficient (Wildman–Crippen LogP) is 4.68. The Hall–Kier alpha value is -3.92. The second-order valence-corrected chi connectivity index (χ2v) is 14.1. The summed E-state index contributed by atoms with van der Waals surface area (Å²) in [5.74, 6) is -2.79. The number of carbonyl (C=O) groups excluding carboxylic acids is 4. The molecule has 6 aliphatic rings. The Bertz CT molecular complexity index is 1630. The molecule has 4 saturated heterocycles. The van der Waals surface area contributed by atoms with Crippen LogP contribution in [-0.2, 0) is 16.1 Å². The van der Waals surface area contributed by atoms with Crippen LogP contribution in [0.4, 0.5) is 8.78 Å². The van der Waals surface area contributed by atoms with Gasteiger partial charge >= 0.3 is 0 Å². The van der Waals surface area contributed by atoms with E-state index in [1.54, 1.807) is 6.07 Å². The second kappa shape index (κ2) is 11.2. The first-order valence-corrected chi connectivity index (χ1v) is 16.0. The number of hydrogen-bond acceptors (Lipinski definition) is 5. The Kier molecular flexibility index (Phi) is 7.38. The van der Waals surface area contributed by atoms with E-state index in [4.69, 9.17) is 0 Å². The molecular formula is C35H38F2N4O4. The third-order valence-corrected chi connectivity index (χ3v) is 10.5. The Morgan fingerprint density at radius 1 is 0.978 bits per heavy atom. The van der Waals surface area contributed by atoms with Crippen LogP contribution in [-0.4, -0.2) is 76.1 Å². The van der Waals surface area contributed by atoms with Crippen molar-refractivity contribution in [3.63, 3.8) is 0 Å². The lowest BCUT2D eigenvalue weighted by molar-refractivity contribution is -0.136. The highest BCUT2D eigenvalue weighted by atomic mass is 19.1. The maximum Gasteiger partial charge on any atom is 0.258 e. The van der Waals surface area contributed by atoms with Gasteiger partial charge in [-0.05, 0) is 84.9 Å². The minimum Gasteiger partial charge on any atom is -0.333 e. The topological polar surface area (TPSA) is 90.0 Å². The summed E-state index contributed by atoms with van der Waals surface area (Å²) in [6.45, 7) is 6.68. The molecule has 2 bridgehead atoms. The van der Waals surface area contributed by atoms with Gasteiger partial charge in [0.2, 0.25) is 11.8 Å². The molecule has 2 aromatic rings. The summed E-state index contributed by atoms with van der Waals surface area (Å²) in [7, 11) is 0. The van der Waals surface area contributed by atoms with E-state index in [9.17, 15) is 23.6 Å². The number of imide groups is 1. The molecule has 1 N–H and O–H groups in total. The number of hydrogen-bond donors (Lipinski definition) is 1. The second-order valence-electron chi connectivity index (χ2n) is 14.1. The lowest BCUT2D eigenvalue weighted by atomic mass is 9.72. The molecule has 0 spiro atoms. The van der Waals surface area contributed by atoms with Gasteiger partial charge in [0, 0.05) is 50.2 Å². The van der Waals surface area contributed by atoms with Crippen LogP contribution in [0.1, 0.15) is 90.6 Å². The van der Waals surface area contributed by atoms with E-state index in [2.05, 4.69) is 24.1 Å². The van der Waals surface area contributed by atoms with Crippen LogP contribution in [0.3, 0.4) is 0 Å². The summed E-state index contributed by atoms with van der Waals surface area (Å²) in [6.07, 6.45) is 5.16. The van der Waals surface area contributed by atoms with Crippen LogP contribution in [0, 0.1) is 17.0 Å². The van der Waals surface area contributed by atoms with E-state index in [0.29, 0.717) is 12.1 Å². The summed E-state index contributed by atoms with van der Waals surface area (Å²) in [5.41, 5.74) is 4.42. The minimum absolute atomic E-state index is 0.00433. The average molecular weight is 617 g/mol. The highest BCUT2D eigenvalue weighted by molar-refractivity contribution is 6.06. The minimum atomic E-state index is -0.848. The van der Waals surface area contributed by atoms with E-state index in [-0.39, 0.29) is 65.6 Å². The zero-order chi connectivity index (χ0) is 31.6. The first kappa shape index (κ1) is 29.8. The summed E-state index contributed by atoms with van der Waals surface area (Å²) >= 11 is 0. The molecule has 10 heteroatoms. The molecule has 236 valence electrons. The van der Waals surface area contributed by atoms with Crippen molar-refractivity contribution in [2.24, 2.45) is 5.41 Å². The Balaban J connectivity index is 1.07. The number of nitrogens with one attached hydrogen (secondary N) is 1. The zero-order valence-corrected chi connectivity index (χ0v) is 25.7. The fraction of sp³-hybridized carbons (Fsp3) is 0.486. The Morgan fingerprint density at radius 2 is 1.73 bits per heavy atom. The average Bonchev–Trinajstić information content (AvgIpc) is 3.34. The molecule has 8 rings (SSSR count). The number of nitrogens with zero attached hydrogens (tertiary/aromatic N) is 3. The van der Waals surface area contributed by atoms with Crippen LogP contribution in [0.2, 0.25) is 0 Å². The van der Waals surface area contributed by atoms with Crippen molar-refractivity contribution < 1.29 is 28.0 Å². The summed E-state index contributed by atoms with van der Waals surface area (Å²) < 4.78 is 29.1. The summed E-state index contributed by atoms with van der Waals surface area (Å²) in [5, 5.41) is 2.25. The molecule has 0 aromatic heterocycles. The third-order valence-electron chi connectivity index (χ3n) is 10.5. The first-order chi connectivity index (χ1) is 21.5. The zero-order valence-electron chi connectivity index (χ0n) is 25.7. The van der Waals surface area contributed by atoms with Gasteiger partial charge in [-0.2, -0.15) is 0 Å². The van der Waals surface area contributed by atoms with Crippen molar-refractivity contribution in [1.82, 2.24) is 20.0 Å². The predicted molar refractivity (Wildman–Crippen MR) is 163 cm³/mol. The van der Waals surface area contributed by atoms with Gasteiger partial charge in [-0.25, -0.2) is 8.78 Å². The molecule has 3 atom stereocenters. The number of rotatable bonds is 5. The SMILES string of the molecule is CC1(C)CCC(CN2CC3CCC2CN3C(=O)c2cc(F)c3c(c2)CN(C2CCC(=O)NC2=O)C3=O)=C(c2ccc(F)cc2)C1. The highest BCUT2D eigenvalue weighted by Crippen LogP contribution is 2.44. The van der Waals surface area contributed by atoms with Gasteiger partial charge in [0.1, 0.15) is 17.7 Å². The molecular weight excluding hydrogens is 578 g/mol. The quantitative estimate of drug-likeness (QED) is 0.493. The van der Waals surface area contributed by atoms with E-state index in [1.165, 1.54) is 28.2 Å². The molecule has 8 nitrogen and oxygen atoms in total. The fourth-order valence-corrected chi connectivity index (χ4v) is 8.01. The van der Waals surface area contributed by atoms with E-state index >= 15 is 4.39 Å². The summed E-state index contributed by atoms with van der Waals surface area (Å²) in [4.78, 5) is 56.6. The monoisotopic (exact) mass is 616 g/mol. The number of piperidine rings is 3. The molecule has 0 radical (unpaired) electrons. The third kappa shape index (κ3) is 5.47. The number of fused-ring (bicyclic) bond motifs is 4. The van der Waals surface area contributed by atoms with E-state index in [1.807, 2.05) is 17.0 Å². The molecule has 4 amide bonds. The Morgan fingerprint density at radius 3 is 2.44 bits per heavy atom. The lowest BCUT2D eigenvalue weighted by Crippen LogP contribution is -2.64. The first-order valence-electron chi connectivity index (χ1n) is 16.0. The van der Waals surface area contributed by atoms with Crippen LogP contribution < -0.4 is 5.32 Å².